The highest BCUT2D eigenvalue weighted by Gasteiger charge is 2.58. The average molecular weight is 447 g/mol. The first kappa shape index (κ1) is 22.4. The molecule has 1 aliphatic heterocycles. The minimum atomic E-state index is -2.16. The summed E-state index contributed by atoms with van der Waals surface area (Å²) >= 11 is 0. The van der Waals surface area contributed by atoms with Crippen molar-refractivity contribution in [2.45, 2.75) is 63.4 Å². The van der Waals surface area contributed by atoms with Gasteiger partial charge < -0.3 is 25.4 Å². The number of carbonyl (C=O) groups is 1. The van der Waals surface area contributed by atoms with Gasteiger partial charge >= 0.3 is 5.97 Å². The van der Waals surface area contributed by atoms with Crippen LogP contribution in [0.1, 0.15) is 45.2 Å². The van der Waals surface area contributed by atoms with E-state index in [0.29, 0.717) is 6.42 Å². The number of nitriles is 1. The molecule has 1 saturated heterocycles. The zero-order valence-corrected chi connectivity index (χ0v) is 17.9. The lowest BCUT2D eigenvalue weighted by atomic mass is 9.69. The number of esters is 1. The molecule has 2 aromatic heterocycles. The van der Waals surface area contributed by atoms with Gasteiger partial charge in [0.15, 0.2) is 11.6 Å². The highest BCUT2D eigenvalue weighted by Crippen LogP contribution is 2.43. The predicted molar refractivity (Wildman–Crippen MR) is 108 cm³/mol. The van der Waals surface area contributed by atoms with Crippen LogP contribution in [0.2, 0.25) is 0 Å². The van der Waals surface area contributed by atoms with Crippen molar-refractivity contribution in [3.8, 4) is 6.07 Å². The molecule has 2 aromatic rings. The van der Waals surface area contributed by atoms with Gasteiger partial charge in [0, 0.05) is 6.07 Å². The molecule has 5 atom stereocenters. The van der Waals surface area contributed by atoms with Crippen LogP contribution in [0.5, 0.6) is 0 Å². The van der Waals surface area contributed by atoms with Crippen molar-refractivity contribution in [3.63, 3.8) is 0 Å². The van der Waals surface area contributed by atoms with Crippen LogP contribution in [-0.2, 0) is 19.9 Å². The summed E-state index contributed by atoms with van der Waals surface area (Å²) in [6.07, 6.45) is 0.149. The lowest BCUT2D eigenvalue weighted by Crippen LogP contribution is -2.41. The molecule has 4 rings (SSSR count). The molecule has 11 heteroatoms. The zero-order chi connectivity index (χ0) is 23.3. The fourth-order valence-corrected chi connectivity index (χ4v) is 4.80. The highest BCUT2D eigenvalue weighted by molar-refractivity contribution is 5.73. The first-order valence-electron chi connectivity index (χ1n) is 10.5. The number of hydrogen-bond acceptors (Lipinski definition) is 9. The Labute approximate surface area is 183 Å². The second-order valence-electron chi connectivity index (χ2n) is 9.14. The molecule has 172 valence electrons. The maximum absolute atomic E-state index is 14.5. The number of aromatic nitrogens is 3. The second kappa shape index (κ2) is 7.95. The van der Waals surface area contributed by atoms with Crippen molar-refractivity contribution in [2.24, 2.45) is 11.3 Å². The van der Waals surface area contributed by atoms with Crippen molar-refractivity contribution in [1.82, 2.24) is 14.6 Å². The van der Waals surface area contributed by atoms with Crippen LogP contribution < -0.4 is 5.73 Å². The Morgan fingerprint density at radius 3 is 2.91 bits per heavy atom. The molecule has 0 radical (unpaired) electrons. The summed E-state index contributed by atoms with van der Waals surface area (Å²) in [7, 11) is 0. The molecular formula is C21H26FN5O5. The molecule has 3 heterocycles. The maximum atomic E-state index is 14.5. The second-order valence-corrected chi connectivity index (χ2v) is 9.14. The number of nitrogens with zero attached hydrogens (tertiary/aromatic N) is 4. The first-order valence-corrected chi connectivity index (χ1v) is 10.5. The fourth-order valence-electron chi connectivity index (χ4n) is 4.80. The van der Waals surface area contributed by atoms with Crippen LogP contribution in [0.3, 0.4) is 0 Å². The lowest BCUT2D eigenvalue weighted by Gasteiger charge is -2.37. The van der Waals surface area contributed by atoms with E-state index in [1.807, 2.05) is 19.9 Å². The summed E-state index contributed by atoms with van der Waals surface area (Å²) in [6.45, 7) is 3.67. The largest absolute Gasteiger partial charge is 0.463 e. The average Bonchev–Trinajstić information content (AvgIpc) is 3.22. The molecule has 0 amide bonds. The van der Waals surface area contributed by atoms with E-state index in [-0.39, 0.29) is 35.0 Å². The number of nitrogen functional groups attached to an aromatic ring is 1. The van der Waals surface area contributed by atoms with E-state index in [2.05, 4.69) is 10.1 Å². The molecule has 0 spiro atoms. The number of anilines is 1. The van der Waals surface area contributed by atoms with Crippen molar-refractivity contribution >= 4 is 17.3 Å². The predicted octanol–water partition coefficient (Wildman–Crippen LogP) is 1.05. The van der Waals surface area contributed by atoms with Gasteiger partial charge in [0.2, 0.25) is 5.60 Å². The standard InChI is InChI=1S/C21H26FN5O5/c1-20(2)6-4-3-5-11(20)19(30)31-8-13-16(28)17(29)21(9-23,32-13)14-7-12(22)15-18(24)25-10-26-27(14)15/h7,10-11,13,16-17,28-29H,3-6,8H2,1-2H3,(H2,24,25,26)/t11?,13-,16-,17-,21+/m1/s1. The Morgan fingerprint density at radius 2 is 2.22 bits per heavy atom. The van der Waals surface area contributed by atoms with Crippen LogP contribution in [-0.4, -0.2) is 55.7 Å². The van der Waals surface area contributed by atoms with Crippen LogP contribution in [0, 0.1) is 28.5 Å². The molecule has 0 bridgehead atoms. The quantitative estimate of drug-likeness (QED) is 0.583. The summed E-state index contributed by atoms with van der Waals surface area (Å²) in [5, 5.41) is 35.1. The Kier molecular flexibility index (Phi) is 5.56. The molecule has 2 aliphatic rings. The topological polar surface area (TPSA) is 156 Å². The summed E-state index contributed by atoms with van der Waals surface area (Å²) in [6, 6.07) is 2.79. The van der Waals surface area contributed by atoms with E-state index < -0.39 is 35.7 Å². The van der Waals surface area contributed by atoms with Gasteiger partial charge in [-0.15, -0.1) is 0 Å². The van der Waals surface area contributed by atoms with Crippen LogP contribution in [0.25, 0.3) is 5.52 Å². The third-order valence-electron chi connectivity index (χ3n) is 6.72. The molecule has 1 unspecified atom stereocenters. The summed E-state index contributed by atoms with van der Waals surface area (Å²) < 4.78 is 26.7. The Bertz CT molecular complexity index is 1080. The van der Waals surface area contributed by atoms with Crippen LogP contribution in [0.4, 0.5) is 10.2 Å². The van der Waals surface area contributed by atoms with Gasteiger partial charge in [-0.05, 0) is 18.3 Å². The number of hydrogen-bond donors (Lipinski definition) is 3. The van der Waals surface area contributed by atoms with E-state index in [4.69, 9.17) is 15.2 Å². The van der Waals surface area contributed by atoms with Crippen molar-refractivity contribution < 1.29 is 28.9 Å². The van der Waals surface area contributed by atoms with Gasteiger partial charge in [-0.1, -0.05) is 26.7 Å². The lowest BCUT2D eigenvalue weighted by molar-refractivity contribution is -0.161. The minimum absolute atomic E-state index is 0.157. The van der Waals surface area contributed by atoms with E-state index in [0.717, 1.165) is 36.2 Å². The molecule has 4 N–H and O–H groups in total. The Morgan fingerprint density at radius 1 is 1.47 bits per heavy atom. The number of aliphatic hydroxyl groups excluding tert-OH is 2. The highest BCUT2D eigenvalue weighted by atomic mass is 19.1. The van der Waals surface area contributed by atoms with Gasteiger partial charge in [0.1, 0.15) is 42.8 Å². The summed E-state index contributed by atoms with van der Waals surface area (Å²) in [4.78, 5) is 16.4. The number of nitrogens with two attached hydrogens (primary N) is 1. The number of aliphatic hydroxyl groups is 2. The van der Waals surface area contributed by atoms with E-state index in [9.17, 15) is 24.7 Å². The summed E-state index contributed by atoms with van der Waals surface area (Å²) in [5.74, 6) is -1.67. The molecule has 32 heavy (non-hydrogen) atoms. The minimum Gasteiger partial charge on any atom is -0.463 e. The van der Waals surface area contributed by atoms with Crippen molar-refractivity contribution in [2.75, 3.05) is 12.3 Å². The number of rotatable bonds is 4. The molecule has 0 aromatic carbocycles. The molecule has 10 nitrogen and oxygen atoms in total. The van der Waals surface area contributed by atoms with Crippen LogP contribution in [0.15, 0.2) is 12.4 Å². The number of halogens is 1. The van der Waals surface area contributed by atoms with Gasteiger partial charge in [-0.2, -0.15) is 10.4 Å². The van der Waals surface area contributed by atoms with E-state index in [1.165, 1.54) is 0 Å². The smallest absolute Gasteiger partial charge is 0.309 e. The zero-order valence-electron chi connectivity index (χ0n) is 17.9. The molecule has 2 fully saturated rings. The van der Waals surface area contributed by atoms with Gasteiger partial charge in [0.25, 0.3) is 0 Å². The fraction of sp³-hybridized carbons (Fsp3) is 0.619. The van der Waals surface area contributed by atoms with E-state index in [1.54, 1.807) is 0 Å². The maximum Gasteiger partial charge on any atom is 0.309 e. The normalized spacial score (nSPS) is 32.0. The van der Waals surface area contributed by atoms with Crippen molar-refractivity contribution in [3.05, 3.63) is 23.9 Å². The number of carbonyl (C=O) groups excluding carboxylic acids is 1. The molecule has 1 saturated carbocycles. The monoisotopic (exact) mass is 447 g/mol. The Hall–Kier alpha value is -2.81. The third-order valence-corrected chi connectivity index (χ3v) is 6.72. The third kappa shape index (κ3) is 3.39. The van der Waals surface area contributed by atoms with Gasteiger partial charge in [0.05, 0.1) is 11.6 Å². The first-order chi connectivity index (χ1) is 15.1. The van der Waals surface area contributed by atoms with Gasteiger partial charge in [-0.25, -0.2) is 13.9 Å². The van der Waals surface area contributed by atoms with Gasteiger partial charge in [-0.3, -0.25) is 4.79 Å². The number of ether oxygens (including phenoxy) is 2. The number of fused-ring (bicyclic) bond motifs is 1. The van der Waals surface area contributed by atoms with Crippen molar-refractivity contribution in [1.29, 1.82) is 5.26 Å². The molecule has 1 aliphatic carbocycles. The summed E-state index contributed by atoms with van der Waals surface area (Å²) in [5.41, 5.74) is 3.01. The Balaban J connectivity index is 1.58. The molecular weight excluding hydrogens is 421 g/mol. The van der Waals surface area contributed by atoms with Crippen LogP contribution >= 0.6 is 0 Å². The van der Waals surface area contributed by atoms with E-state index >= 15 is 0 Å². The SMILES string of the molecule is CC1(C)CCCCC1C(=O)OC[C@H]1O[C@@](C#N)(c2cc(F)c3c(N)ncnn23)[C@H](O)[C@@H]1O.